The van der Waals surface area contributed by atoms with E-state index in [0.29, 0.717) is 12.1 Å². The lowest BCUT2D eigenvalue weighted by Crippen LogP contribution is -2.64. The van der Waals surface area contributed by atoms with Gasteiger partial charge in [0.15, 0.2) is 0 Å². The van der Waals surface area contributed by atoms with Crippen LogP contribution in [0.4, 0.5) is 0 Å². The summed E-state index contributed by atoms with van der Waals surface area (Å²) in [5.41, 5.74) is 9.12. The van der Waals surface area contributed by atoms with E-state index >= 15 is 0 Å². The smallest absolute Gasteiger partial charge is 0.122 e. The summed E-state index contributed by atoms with van der Waals surface area (Å²) in [7, 11) is 0. The predicted octanol–water partition coefficient (Wildman–Crippen LogP) is 3.73. The molecule has 2 saturated carbocycles. The third-order valence-electron chi connectivity index (χ3n) is 5.23. The quantitative estimate of drug-likeness (QED) is 0.878. The van der Waals surface area contributed by atoms with Crippen molar-refractivity contribution in [3.05, 3.63) is 29.3 Å². The van der Waals surface area contributed by atoms with Crippen LogP contribution >= 0.6 is 0 Å². The van der Waals surface area contributed by atoms with E-state index in [1.165, 1.54) is 43.2 Å². The number of aryl methyl sites for hydroxylation is 2. The van der Waals surface area contributed by atoms with Gasteiger partial charge >= 0.3 is 0 Å². The summed E-state index contributed by atoms with van der Waals surface area (Å²) >= 11 is 0. The third kappa shape index (κ3) is 2.16. The zero-order valence-corrected chi connectivity index (χ0v) is 12.1. The number of nitrogens with two attached hydrogens (primary N) is 1. The molecule has 1 aromatic carbocycles. The fourth-order valence-corrected chi connectivity index (χ4v) is 3.93. The first-order chi connectivity index (χ1) is 9.12. The van der Waals surface area contributed by atoms with E-state index in [9.17, 15) is 0 Å². The van der Waals surface area contributed by atoms with Gasteiger partial charge in [-0.25, -0.2) is 0 Å². The Morgan fingerprint density at radius 2 is 1.89 bits per heavy atom. The fraction of sp³-hybridized carbons (Fsp3) is 0.647. The number of rotatable bonds is 2. The van der Waals surface area contributed by atoms with Crippen LogP contribution in [0, 0.1) is 19.3 Å². The molecule has 2 fully saturated rings. The van der Waals surface area contributed by atoms with Gasteiger partial charge in [-0.1, -0.05) is 37.0 Å². The molecular weight excluding hydrogens is 234 g/mol. The first-order valence-electron chi connectivity index (χ1n) is 7.61. The molecule has 2 aliphatic rings. The number of ether oxygens (including phenoxy) is 1. The highest BCUT2D eigenvalue weighted by Crippen LogP contribution is 2.52. The standard InChI is InChI=1S/C17H25NO/c1-12-6-7-14(13(2)10-12)19-16-11-15(18)17(16)8-4-3-5-9-17/h6-7,10,15-16H,3-5,8-9,11,18H2,1-2H3. The molecule has 2 nitrogen and oxygen atoms in total. The van der Waals surface area contributed by atoms with E-state index in [4.69, 9.17) is 10.5 Å². The minimum atomic E-state index is 0.273. The monoisotopic (exact) mass is 259 g/mol. The molecule has 104 valence electrons. The molecule has 0 heterocycles. The summed E-state index contributed by atoms with van der Waals surface area (Å²) < 4.78 is 6.32. The highest BCUT2D eigenvalue weighted by molar-refractivity contribution is 5.36. The molecule has 2 heteroatoms. The van der Waals surface area contributed by atoms with E-state index in [1.807, 2.05) is 0 Å². The van der Waals surface area contributed by atoms with E-state index in [0.717, 1.165) is 12.2 Å². The van der Waals surface area contributed by atoms with Gasteiger partial charge in [0.05, 0.1) is 0 Å². The van der Waals surface area contributed by atoms with E-state index in [-0.39, 0.29) is 5.41 Å². The summed E-state index contributed by atoms with van der Waals surface area (Å²) in [6, 6.07) is 6.80. The summed E-state index contributed by atoms with van der Waals surface area (Å²) in [4.78, 5) is 0. The van der Waals surface area contributed by atoms with Crippen molar-refractivity contribution in [2.45, 2.75) is 64.5 Å². The van der Waals surface area contributed by atoms with Crippen LogP contribution in [0.25, 0.3) is 0 Å². The second kappa shape index (κ2) is 4.82. The maximum Gasteiger partial charge on any atom is 0.122 e. The van der Waals surface area contributed by atoms with Gasteiger partial charge in [0.1, 0.15) is 11.9 Å². The van der Waals surface area contributed by atoms with Crippen molar-refractivity contribution in [1.82, 2.24) is 0 Å². The van der Waals surface area contributed by atoms with Crippen LogP contribution in [-0.4, -0.2) is 12.1 Å². The molecule has 2 N–H and O–H groups in total. The van der Waals surface area contributed by atoms with Crippen molar-refractivity contribution in [3.63, 3.8) is 0 Å². The van der Waals surface area contributed by atoms with Crippen LogP contribution in [0.5, 0.6) is 5.75 Å². The Labute approximate surface area is 116 Å². The normalized spacial score (nSPS) is 29.0. The van der Waals surface area contributed by atoms with Crippen molar-refractivity contribution in [3.8, 4) is 5.75 Å². The van der Waals surface area contributed by atoms with Gasteiger partial charge in [0.2, 0.25) is 0 Å². The molecule has 2 aliphatic carbocycles. The Morgan fingerprint density at radius 1 is 1.16 bits per heavy atom. The second-order valence-corrected chi connectivity index (χ2v) is 6.51. The molecule has 2 unspecified atom stereocenters. The van der Waals surface area contributed by atoms with Gasteiger partial charge in [-0.05, 0) is 38.3 Å². The molecule has 3 rings (SSSR count). The summed E-state index contributed by atoms with van der Waals surface area (Å²) in [5, 5.41) is 0. The molecule has 19 heavy (non-hydrogen) atoms. The first kappa shape index (κ1) is 13.0. The summed E-state index contributed by atoms with van der Waals surface area (Å²) in [6.45, 7) is 4.26. The summed E-state index contributed by atoms with van der Waals surface area (Å²) in [5.74, 6) is 1.05. The molecule has 1 spiro atoms. The zero-order chi connectivity index (χ0) is 13.5. The van der Waals surface area contributed by atoms with Crippen LogP contribution in [-0.2, 0) is 0 Å². The average Bonchev–Trinajstić information content (AvgIpc) is 2.42. The molecular formula is C17H25NO. The van der Waals surface area contributed by atoms with Gasteiger partial charge in [0.25, 0.3) is 0 Å². The zero-order valence-electron chi connectivity index (χ0n) is 12.1. The second-order valence-electron chi connectivity index (χ2n) is 6.51. The highest BCUT2D eigenvalue weighted by Gasteiger charge is 2.54. The Kier molecular flexibility index (Phi) is 3.30. The van der Waals surface area contributed by atoms with Gasteiger partial charge in [0, 0.05) is 17.9 Å². The minimum absolute atomic E-state index is 0.273. The lowest BCUT2D eigenvalue weighted by atomic mass is 9.55. The first-order valence-corrected chi connectivity index (χ1v) is 7.61. The highest BCUT2D eigenvalue weighted by atomic mass is 16.5. The van der Waals surface area contributed by atoms with E-state index in [2.05, 4.69) is 32.0 Å². The van der Waals surface area contributed by atoms with Crippen molar-refractivity contribution < 1.29 is 4.74 Å². The van der Waals surface area contributed by atoms with Crippen molar-refractivity contribution in [2.24, 2.45) is 11.1 Å². The number of benzene rings is 1. The van der Waals surface area contributed by atoms with E-state index in [1.54, 1.807) is 0 Å². The Bertz CT molecular complexity index is 462. The van der Waals surface area contributed by atoms with Crippen LogP contribution < -0.4 is 10.5 Å². The van der Waals surface area contributed by atoms with Crippen molar-refractivity contribution >= 4 is 0 Å². The summed E-state index contributed by atoms with van der Waals surface area (Å²) in [6.07, 6.45) is 7.87. The van der Waals surface area contributed by atoms with Crippen LogP contribution in [0.2, 0.25) is 0 Å². The lowest BCUT2D eigenvalue weighted by Gasteiger charge is -2.56. The van der Waals surface area contributed by atoms with Gasteiger partial charge in [-0.15, -0.1) is 0 Å². The van der Waals surface area contributed by atoms with Crippen molar-refractivity contribution in [2.75, 3.05) is 0 Å². The molecule has 0 aliphatic heterocycles. The van der Waals surface area contributed by atoms with Gasteiger partial charge < -0.3 is 10.5 Å². The van der Waals surface area contributed by atoms with Crippen LogP contribution in [0.15, 0.2) is 18.2 Å². The fourth-order valence-electron chi connectivity index (χ4n) is 3.93. The van der Waals surface area contributed by atoms with Gasteiger partial charge in [-0.2, -0.15) is 0 Å². The van der Waals surface area contributed by atoms with Crippen molar-refractivity contribution in [1.29, 1.82) is 0 Å². The molecule has 0 amide bonds. The Hall–Kier alpha value is -1.02. The minimum Gasteiger partial charge on any atom is -0.489 e. The van der Waals surface area contributed by atoms with Crippen LogP contribution in [0.1, 0.15) is 49.7 Å². The Morgan fingerprint density at radius 3 is 2.53 bits per heavy atom. The van der Waals surface area contributed by atoms with Crippen LogP contribution in [0.3, 0.4) is 0 Å². The number of hydrogen-bond acceptors (Lipinski definition) is 2. The lowest BCUT2D eigenvalue weighted by molar-refractivity contribution is -0.0900. The SMILES string of the molecule is Cc1ccc(OC2CC(N)C23CCCCC3)c(C)c1. The maximum atomic E-state index is 6.32. The predicted molar refractivity (Wildman–Crippen MR) is 78.4 cm³/mol. The Balaban J connectivity index is 1.76. The third-order valence-corrected chi connectivity index (χ3v) is 5.23. The maximum absolute atomic E-state index is 6.32. The molecule has 0 radical (unpaired) electrons. The number of hydrogen-bond donors (Lipinski definition) is 1. The van der Waals surface area contributed by atoms with Gasteiger partial charge in [-0.3, -0.25) is 0 Å². The molecule has 1 aromatic rings. The molecule has 0 bridgehead atoms. The average molecular weight is 259 g/mol. The largest absolute Gasteiger partial charge is 0.489 e. The molecule has 0 saturated heterocycles. The molecule has 2 atom stereocenters. The molecule has 0 aromatic heterocycles. The van der Waals surface area contributed by atoms with E-state index < -0.39 is 0 Å². The topological polar surface area (TPSA) is 35.2 Å².